The highest BCUT2D eigenvalue weighted by atomic mass is 35.5. The molecule has 0 amide bonds. The molecule has 0 bridgehead atoms. The van der Waals surface area contributed by atoms with E-state index in [-0.39, 0.29) is 29.5 Å². The summed E-state index contributed by atoms with van der Waals surface area (Å²) in [7, 11) is 3.89. The summed E-state index contributed by atoms with van der Waals surface area (Å²) in [5.41, 5.74) is 4.93. The fourth-order valence-corrected chi connectivity index (χ4v) is 1.50. The summed E-state index contributed by atoms with van der Waals surface area (Å²) in [6.45, 7) is 0. The highest BCUT2D eigenvalue weighted by Gasteiger charge is 2.41. The normalized spacial score (nSPS) is 12.4. The lowest BCUT2D eigenvalue weighted by atomic mass is 10.0. The topological polar surface area (TPSA) is 53.7 Å². The van der Waals surface area contributed by atoms with Gasteiger partial charge in [0.1, 0.15) is 23.3 Å². The summed E-state index contributed by atoms with van der Waals surface area (Å²) in [5.74, 6) is 0.258. The molecule has 0 aliphatic heterocycles. The first kappa shape index (κ1) is 17.7. The van der Waals surface area contributed by atoms with Crippen LogP contribution in [0.4, 0.5) is 13.2 Å². The zero-order chi connectivity index (χ0) is 13.9. The maximum Gasteiger partial charge on any atom is 0.407 e. The lowest BCUT2D eigenvalue weighted by Crippen LogP contribution is -2.29. The quantitative estimate of drug-likeness (QED) is 0.929. The van der Waals surface area contributed by atoms with E-state index >= 15 is 0 Å². The maximum absolute atomic E-state index is 12.7. The lowest BCUT2D eigenvalue weighted by Gasteiger charge is -2.21. The van der Waals surface area contributed by atoms with Crippen LogP contribution in [0.5, 0.6) is 17.2 Å². The number of methoxy groups -OCH3 is 3. The van der Waals surface area contributed by atoms with Crippen molar-refractivity contribution in [2.24, 2.45) is 5.73 Å². The van der Waals surface area contributed by atoms with Gasteiger partial charge in [0.15, 0.2) is 0 Å². The molecular formula is C11H15ClF3NO3. The molecule has 19 heavy (non-hydrogen) atoms. The average molecular weight is 302 g/mol. The smallest absolute Gasteiger partial charge is 0.407 e. The molecule has 8 heteroatoms. The molecule has 0 heterocycles. The molecule has 2 N–H and O–H groups in total. The van der Waals surface area contributed by atoms with Crippen LogP contribution in [0.25, 0.3) is 0 Å². The molecule has 0 saturated heterocycles. The second kappa shape index (κ2) is 6.72. The summed E-state index contributed by atoms with van der Waals surface area (Å²) in [6.07, 6.45) is -4.59. The number of hydrogen-bond donors (Lipinski definition) is 1. The molecule has 0 saturated carbocycles. The summed E-state index contributed by atoms with van der Waals surface area (Å²) in [5, 5.41) is 0. The fourth-order valence-electron chi connectivity index (χ4n) is 1.50. The van der Waals surface area contributed by atoms with E-state index in [1.165, 1.54) is 33.5 Å². The molecule has 0 fully saturated rings. The van der Waals surface area contributed by atoms with Gasteiger partial charge in [-0.25, -0.2) is 0 Å². The van der Waals surface area contributed by atoms with Crippen molar-refractivity contribution < 1.29 is 27.4 Å². The van der Waals surface area contributed by atoms with Gasteiger partial charge >= 0.3 is 6.18 Å². The number of ether oxygens (including phenoxy) is 3. The van der Waals surface area contributed by atoms with Crippen LogP contribution in [-0.4, -0.2) is 27.5 Å². The molecule has 0 unspecified atom stereocenters. The highest BCUT2D eigenvalue weighted by molar-refractivity contribution is 5.85. The molecule has 1 rings (SSSR count). The Labute approximate surface area is 115 Å². The van der Waals surface area contributed by atoms with Gasteiger partial charge < -0.3 is 19.9 Å². The Morgan fingerprint density at radius 2 is 1.42 bits per heavy atom. The average Bonchev–Trinajstić information content (AvgIpc) is 2.34. The van der Waals surface area contributed by atoms with E-state index in [0.717, 1.165) is 0 Å². The summed E-state index contributed by atoms with van der Waals surface area (Å²) >= 11 is 0. The number of benzene rings is 1. The van der Waals surface area contributed by atoms with Crippen LogP contribution >= 0.6 is 12.4 Å². The number of rotatable bonds is 4. The summed E-state index contributed by atoms with van der Waals surface area (Å²) < 4.78 is 52.8. The molecule has 0 radical (unpaired) electrons. The van der Waals surface area contributed by atoms with Gasteiger partial charge in [0, 0.05) is 12.1 Å². The van der Waals surface area contributed by atoms with Crippen molar-refractivity contribution in [2.45, 2.75) is 12.2 Å². The van der Waals surface area contributed by atoms with E-state index in [1.54, 1.807) is 0 Å². The van der Waals surface area contributed by atoms with Crippen LogP contribution in [0.3, 0.4) is 0 Å². The van der Waals surface area contributed by atoms with E-state index in [1.807, 2.05) is 0 Å². The minimum absolute atomic E-state index is 0. The first-order valence-corrected chi connectivity index (χ1v) is 4.97. The van der Waals surface area contributed by atoms with Gasteiger partial charge in [-0.15, -0.1) is 12.4 Å². The first-order chi connectivity index (χ1) is 8.35. The third kappa shape index (κ3) is 3.81. The van der Waals surface area contributed by atoms with E-state index in [4.69, 9.17) is 19.9 Å². The number of halogens is 4. The molecule has 1 atom stereocenters. The van der Waals surface area contributed by atoms with Crippen molar-refractivity contribution in [2.75, 3.05) is 21.3 Å². The van der Waals surface area contributed by atoms with Gasteiger partial charge in [-0.2, -0.15) is 13.2 Å². The Morgan fingerprint density at radius 3 is 1.68 bits per heavy atom. The van der Waals surface area contributed by atoms with Crippen molar-refractivity contribution >= 4 is 12.4 Å². The van der Waals surface area contributed by atoms with Crippen LogP contribution < -0.4 is 19.9 Å². The van der Waals surface area contributed by atoms with Crippen LogP contribution in [0, 0.1) is 0 Å². The third-order valence-corrected chi connectivity index (χ3v) is 2.42. The van der Waals surface area contributed by atoms with Crippen LogP contribution in [0.2, 0.25) is 0 Å². The lowest BCUT2D eigenvalue weighted by molar-refractivity contribution is -0.149. The minimum Gasteiger partial charge on any atom is -0.496 e. The molecule has 0 aliphatic carbocycles. The SMILES string of the molecule is COc1cc(OC)c([C@H](N)C(F)(F)F)c(OC)c1.Cl. The predicted octanol–water partition coefficient (Wildman–Crippen LogP) is 2.70. The molecule has 1 aromatic carbocycles. The molecular weight excluding hydrogens is 287 g/mol. The zero-order valence-electron chi connectivity index (χ0n) is 10.6. The van der Waals surface area contributed by atoms with E-state index < -0.39 is 12.2 Å². The first-order valence-electron chi connectivity index (χ1n) is 4.97. The molecule has 110 valence electrons. The third-order valence-electron chi connectivity index (χ3n) is 2.42. The van der Waals surface area contributed by atoms with Gasteiger partial charge in [0.05, 0.1) is 26.9 Å². The second-order valence-corrected chi connectivity index (χ2v) is 3.46. The van der Waals surface area contributed by atoms with Gasteiger partial charge in [-0.3, -0.25) is 0 Å². The largest absolute Gasteiger partial charge is 0.496 e. The molecule has 0 spiro atoms. The Kier molecular flexibility index (Phi) is 6.24. The van der Waals surface area contributed by atoms with E-state index in [9.17, 15) is 13.2 Å². The predicted molar refractivity (Wildman–Crippen MR) is 66.3 cm³/mol. The van der Waals surface area contributed by atoms with Gasteiger partial charge in [0.25, 0.3) is 0 Å². The van der Waals surface area contributed by atoms with E-state index in [0.29, 0.717) is 5.75 Å². The Bertz CT molecular complexity index is 401. The molecule has 1 aromatic rings. The summed E-state index contributed by atoms with van der Waals surface area (Å²) in [6, 6.07) is 0.459. The van der Waals surface area contributed by atoms with Crippen molar-refractivity contribution in [1.29, 1.82) is 0 Å². The summed E-state index contributed by atoms with van der Waals surface area (Å²) in [4.78, 5) is 0. The number of hydrogen-bond acceptors (Lipinski definition) is 4. The van der Waals surface area contributed by atoms with E-state index in [2.05, 4.69) is 0 Å². The van der Waals surface area contributed by atoms with Crippen LogP contribution in [0.1, 0.15) is 11.6 Å². The number of alkyl halides is 3. The van der Waals surface area contributed by atoms with Crippen molar-refractivity contribution in [1.82, 2.24) is 0 Å². The number of nitrogens with two attached hydrogens (primary N) is 1. The van der Waals surface area contributed by atoms with Crippen LogP contribution in [0.15, 0.2) is 12.1 Å². The monoisotopic (exact) mass is 301 g/mol. The van der Waals surface area contributed by atoms with Gasteiger partial charge in [-0.05, 0) is 0 Å². The minimum atomic E-state index is -4.59. The fraction of sp³-hybridized carbons (Fsp3) is 0.455. The molecule has 4 nitrogen and oxygen atoms in total. The van der Waals surface area contributed by atoms with Gasteiger partial charge in [0.2, 0.25) is 0 Å². The van der Waals surface area contributed by atoms with Crippen molar-refractivity contribution in [3.63, 3.8) is 0 Å². The van der Waals surface area contributed by atoms with Gasteiger partial charge in [-0.1, -0.05) is 0 Å². The maximum atomic E-state index is 12.7. The Balaban J connectivity index is 0.00000324. The van der Waals surface area contributed by atoms with Crippen molar-refractivity contribution in [3.05, 3.63) is 17.7 Å². The Morgan fingerprint density at radius 1 is 1.00 bits per heavy atom. The van der Waals surface area contributed by atoms with Crippen molar-refractivity contribution in [3.8, 4) is 17.2 Å². The van der Waals surface area contributed by atoms with Crippen LogP contribution in [-0.2, 0) is 0 Å². The second-order valence-electron chi connectivity index (χ2n) is 3.46. The Hall–Kier alpha value is -1.34. The highest BCUT2D eigenvalue weighted by Crippen LogP contribution is 2.43. The molecule has 0 aliphatic rings. The standard InChI is InChI=1S/C11H14F3NO3.ClH/c1-16-6-4-7(17-2)9(8(5-6)18-3)10(15)11(12,13)14;/h4-5,10H,15H2,1-3H3;1H/t10-;/m0./s1. The zero-order valence-corrected chi connectivity index (χ0v) is 11.4. The molecule has 0 aromatic heterocycles.